The molecule has 0 aliphatic carbocycles. The van der Waals surface area contributed by atoms with Crippen molar-refractivity contribution in [2.24, 2.45) is 0 Å². The van der Waals surface area contributed by atoms with Gasteiger partial charge in [0.15, 0.2) is 17.6 Å². The number of benzene rings is 2. The topological polar surface area (TPSA) is 107 Å². The van der Waals surface area contributed by atoms with Gasteiger partial charge in [0.2, 0.25) is 5.91 Å². The van der Waals surface area contributed by atoms with Crippen LogP contribution in [0.3, 0.4) is 0 Å². The van der Waals surface area contributed by atoms with Crippen LogP contribution in [0.5, 0.6) is 11.5 Å². The number of rotatable bonds is 12. The van der Waals surface area contributed by atoms with Gasteiger partial charge in [0.1, 0.15) is 11.5 Å². The molecular formula is C25H31N5O4S. The maximum atomic E-state index is 12.3. The predicted octanol–water partition coefficient (Wildman–Crippen LogP) is 3.86. The predicted molar refractivity (Wildman–Crippen MR) is 136 cm³/mol. The fourth-order valence-electron chi connectivity index (χ4n) is 3.20. The summed E-state index contributed by atoms with van der Waals surface area (Å²) in [6.07, 6.45) is 0. The van der Waals surface area contributed by atoms with Crippen LogP contribution in [-0.2, 0) is 22.7 Å². The van der Waals surface area contributed by atoms with E-state index in [2.05, 4.69) is 34.7 Å². The molecule has 0 radical (unpaired) electrons. The number of nitrogens with zero attached hydrogens (tertiary/aromatic N) is 3. The van der Waals surface area contributed by atoms with Gasteiger partial charge in [0.25, 0.3) is 5.91 Å². The number of thioether (sulfide) groups is 1. The van der Waals surface area contributed by atoms with E-state index in [1.807, 2.05) is 35.8 Å². The van der Waals surface area contributed by atoms with E-state index in [-0.39, 0.29) is 30.7 Å². The minimum atomic E-state index is -0.253. The van der Waals surface area contributed by atoms with Gasteiger partial charge in [-0.3, -0.25) is 9.59 Å². The highest BCUT2D eigenvalue weighted by Crippen LogP contribution is 2.20. The van der Waals surface area contributed by atoms with Gasteiger partial charge in [0.05, 0.1) is 19.4 Å². The first-order valence-corrected chi connectivity index (χ1v) is 12.4. The molecule has 0 saturated carbocycles. The van der Waals surface area contributed by atoms with Crippen molar-refractivity contribution in [2.45, 2.75) is 44.9 Å². The molecule has 0 saturated heterocycles. The molecule has 35 heavy (non-hydrogen) atoms. The van der Waals surface area contributed by atoms with Crippen molar-refractivity contribution in [2.75, 3.05) is 24.8 Å². The molecule has 2 N–H and O–H groups in total. The normalized spacial score (nSPS) is 10.8. The Hall–Kier alpha value is -3.53. The molecule has 10 heteroatoms. The lowest BCUT2D eigenvalue weighted by atomic mass is 10.0. The van der Waals surface area contributed by atoms with Crippen LogP contribution in [0.15, 0.2) is 53.7 Å². The Balaban J connectivity index is 1.45. The number of carbonyl (C=O) groups is 2. The Labute approximate surface area is 209 Å². The minimum Gasteiger partial charge on any atom is -0.497 e. The molecule has 0 aliphatic heterocycles. The molecule has 0 spiro atoms. The third-order valence-corrected chi connectivity index (χ3v) is 6.14. The van der Waals surface area contributed by atoms with E-state index in [0.717, 1.165) is 5.75 Å². The van der Waals surface area contributed by atoms with Crippen molar-refractivity contribution < 1.29 is 19.1 Å². The number of carbonyl (C=O) groups excluding carboxylic acids is 2. The molecule has 9 nitrogen and oxygen atoms in total. The first kappa shape index (κ1) is 26.1. The van der Waals surface area contributed by atoms with Gasteiger partial charge in [-0.05, 0) is 54.8 Å². The summed E-state index contributed by atoms with van der Waals surface area (Å²) in [5.41, 5.74) is 1.91. The lowest BCUT2D eigenvalue weighted by molar-refractivity contribution is -0.123. The van der Waals surface area contributed by atoms with E-state index in [0.29, 0.717) is 34.9 Å². The van der Waals surface area contributed by atoms with Crippen molar-refractivity contribution >= 4 is 29.3 Å². The van der Waals surface area contributed by atoms with Gasteiger partial charge < -0.3 is 24.7 Å². The summed E-state index contributed by atoms with van der Waals surface area (Å²) < 4.78 is 12.6. The lowest BCUT2D eigenvalue weighted by Crippen LogP contribution is -2.29. The summed E-state index contributed by atoms with van der Waals surface area (Å²) in [7, 11) is 1.59. The Morgan fingerprint density at radius 2 is 1.69 bits per heavy atom. The van der Waals surface area contributed by atoms with Gasteiger partial charge in [-0.15, -0.1) is 10.2 Å². The van der Waals surface area contributed by atoms with Crippen molar-refractivity contribution in [1.82, 2.24) is 20.1 Å². The van der Waals surface area contributed by atoms with Crippen LogP contribution in [0, 0.1) is 0 Å². The molecule has 3 aromatic rings. The lowest BCUT2D eigenvalue weighted by Gasteiger charge is -2.10. The SMILES string of the molecule is CCn1c(CNC(=O)COc2ccc(C(C)C)cc2)nnc1SCC(=O)Nc1ccc(OC)cc1. The first-order chi connectivity index (χ1) is 16.9. The summed E-state index contributed by atoms with van der Waals surface area (Å²) >= 11 is 1.29. The zero-order valence-electron chi connectivity index (χ0n) is 20.4. The van der Waals surface area contributed by atoms with Crippen LogP contribution in [0.4, 0.5) is 5.69 Å². The van der Waals surface area contributed by atoms with Gasteiger partial charge >= 0.3 is 0 Å². The van der Waals surface area contributed by atoms with Crippen LogP contribution in [0.2, 0.25) is 0 Å². The molecule has 0 aliphatic rings. The molecule has 0 bridgehead atoms. The summed E-state index contributed by atoms with van der Waals surface area (Å²) in [5.74, 6) is 2.19. The molecular weight excluding hydrogens is 466 g/mol. The third kappa shape index (κ3) is 7.74. The first-order valence-electron chi connectivity index (χ1n) is 11.4. The van der Waals surface area contributed by atoms with Gasteiger partial charge in [-0.1, -0.05) is 37.7 Å². The molecule has 2 amide bonds. The molecule has 2 aromatic carbocycles. The number of hydrogen-bond acceptors (Lipinski definition) is 7. The van der Waals surface area contributed by atoms with Gasteiger partial charge in [-0.25, -0.2) is 0 Å². The maximum Gasteiger partial charge on any atom is 0.258 e. The smallest absolute Gasteiger partial charge is 0.258 e. The highest BCUT2D eigenvalue weighted by atomic mass is 32.2. The second-order valence-electron chi connectivity index (χ2n) is 8.00. The quantitative estimate of drug-likeness (QED) is 0.366. The van der Waals surface area contributed by atoms with E-state index in [9.17, 15) is 9.59 Å². The Morgan fingerprint density at radius 1 is 1.00 bits per heavy atom. The van der Waals surface area contributed by atoms with Gasteiger partial charge in [-0.2, -0.15) is 0 Å². The highest BCUT2D eigenvalue weighted by Gasteiger charge is 2.14. The highest BCUT2D eigenvalue weighted by molar-refractivity contribution is 7.99. The number of amides is 2. The average Bonchev–Trinajstić information content (AvgIpc) is 3.27. The van der Waals surface area contributed by atoms with Crippen LogP contribution in [0.1, 0.15) is 38.1 Å². The standard InChI is InChI=1S/C25H31N5O4S/c1-5-30-22(14-26-23(31)15-34-21-10-6-18(7-11-21)17(2)3)28-29-25(30)35-16-24(32)27-19-8-12-20(33-4)13-9-19/h6-13,17H,5,14-16H2,1-4H3,(H,26,31)(H,27,32). The van der Waals surface area contributed by atoms with E-state index in [1.54, 1.807) is 31.4 Å². The van der Waals surface area contributed by atoms with Crippen molar-refractivity contribution in [3.63, 3.8) is 0 Å². The average molecular weight is 498 g/mol. The number of nitrogens with one attached hydrogen (secondary N) is 2. The molecule has 3 rings (SSSR count). The van der Waals surface area contributed by atoms with E-state index in [1.165, 1.54) is 17.3 Å². The van der Waals surface area contributed by atoms with Crippen LogP contribution in [0.25, 0.3) is 0 Å². The number of anilines is 1. The summed E-state index contributed by atoms with van der Waals surface area (Å²) in [6.45, 7) is 6.95. The van der Waals surface area contributed by atoms with Crippen LogP contribution < -0.4 is 20.1 Å². The van der Waals surface area contributed by atoms with Crippen molar-refractivity contribution in [3.05, 3.63) is 59.9 Å². The largest absolute Gasteiger partial charge is 0.497 e. The molecule has 1 heterocycles. The van der Waals surface area contributed by atoms with Crippen molar-refractivity contribution in [1.29, 1.82) is 0 Å². The summed E-state index contributed by atoms with van der Waals surface area (Å²) in [4.78, 5) is 24.6. The number of methoxy groups -OCH3 is 1. The second-order valence-corrected chi connectivity index (χ2v) is 8.94. The zero-order chi connectivity index (χ0) is 25.2. The zero-order valence-corrected chi connectivity index (χ0v) is 21.2. The molecule has 0 fully saturated rings. The maximum absolute atomic E-state index is 12.3. The molecule has 186 valence electrons. The molecule has 0 unspecified atom stereocenters. The Kier molecular flexibility index (Phi) is 9.54. The summed E-state index contributed by atoms with van der Waals surface area (Å²) in [6, 6.07) is 14.8. The monoisotopic (exact) mass is 497 g/mol. The van der Waals surface area contributed by atoms with Crippen molar-refractivity contribution in [3.8, 4) is 11.5 Å². The van der Waals surface area contributed by atoms with Gasteiger partial charge in [0, 0.05) is 12.2 Å². The third-order valence-electron chi connectivity index (χ3n) is 5.18. The number of hydrogen-bond donors (Lipinski definition) is 2. The van der Waals surface area contributed by atoms with Crippen LogP contribution >= 0.6 is 11.8 Å². The fourth-order valence-corrected chi connectivity index (χ4v) is 4.02. The van der Waals surface area contributed by atoms with E-state index < -0.39 is 0 Å². The molecule has 0 atom stereocenters. The Morgan fingerprint density at radius 3 is 2.31 bits per heavy atom. The fraction of sp³-hybridized carbons (Fsp3) is 0.360. The molecule has 1 aromatic heterocycles. The number of ether oxygens (including phenoxy) is 2. The van der Waals surface area contributed by atoms with E-state index in [4.69, 9.17) is 9.47 Å². The van der Waals surface area contributed by atoms with E-state index >= 15 is 0 Å². The second kappa shape index (κ2) is 12.8. The minimum absolute atomic E-state index is 0.0889. The summed E-state index contributed by atoms with van der Waals surface area (Å²) in [5, 5.41) is 14.6. The number of aromatic nitrogens is 3. The van der Waals surface area contributed by atoms with Crippen LogP contribution in [-0.4, -0.2) is 46.0 Å². The Bertz CT molecular complexity index is 1110.